The summed E-state index contributed by atoms with van der Waals surface area (Å²) in [5.74, 6) is 0.849. The molecule has 1 unspecified atom stereocenters. The van der Waals surface area contributed by atoms with Crippen molar-refractivity contribution in [3.63, 3.8) is 0 Å². The molecule has 3 heterocycles. The van der Waals surface area contributed by atoms with E-state index >= 15 is 0 Å². The van der Waals surface area contributed by atoms with Crippen molar-refractivity contribution in [2.75, 3.05) is 0 Å². The maximum absolute atomic E-state index is 12.8. The number of hydrogen-bond donors (Lipinski definition) is 1. The van der Waals surface area contributed by atoms with Gasteiger partial charge < -0.3 is 19.6 Å². The Morgan fingerprint density at radius 2 is 2.03 bits per heavy atom. The molecule has 5 rings (SSSR count). The predicted octanol–water partition coefficient (Wildman–Crippen LogP) is 5.89. The highest BCUT2D eigenvalue weighted by Gasteiger charge is 2.33. The van der Waals surface area contributed by atoms with E-state index in [4.69, 9.17) is 31.2 Å². The average Bonchev–Trinajstić information content (AvgIpc) is 3.36. The summed E-state index contributed by atoms with van der Waals surface area (Å²) in [7, 11) is 0. The van der Waals surface area contributed by atoms with E-state index in [1.54, 1.807) is 24.3 Å². The molecule has 0 bridgehead atoms. The number of allylic oxidation sites excluding steroid dienone is 1. The van der Waals surface area contributed by atoms with Gasteiger partial charge in [0.15, 0.2) is 0 Å². The van der Waals surface area contributed by atoms with E-state index in [0.29, 0.717) is 27.0 Å². The molecule has 158 valence electrons. The van der Waals surface area contributed by atoms with Gasteiger partial charge in [0.1, 0.15) is 39.5 Å². The summed E-state index contributed by atoms with van der Waals surface area (Å²) in [6.45, 7) is 1.82. The molecule has 2 aromatic heterocycles. The number of carbonyl (C=O) groups is 1. The van der Waals surface area contributed by atoms with Crippen molar-refractivity contribution in [1.29, 1.82) is 5.26 Å². The third-order valence-corrected chi connectivity index (χ3v) is 6.82. The lowest BCUT2D eigenvalue weighted by Gasteiger charge is -2.25. The van der Waals surface area contributed by atoms with Crippen LogP contribution in [-0.4, -0.2) is 5.97 Å². The summed E-state index contributed by atoms with van der Waals surface area (Å²) in [6.07, 6.45) is 0. The van der Waals surface area contributed by atoms with Gasteiger partial charge in [-0.05, 0) is 31.2 Å². The molecule has 32 heavy (non-hydrogen) atoms. The summed E-state index contributed by atoms with van der Waals surface area (Å²) >= 11 is 7.66. The van der Waals surface area contributed by atoms with Crippen molar-refractivity contribution >= 4 is 39.0 Å². The number of ether oxygens (including phenoxy) is 2. The molecule has 4 aromatic rings. The fourth-order valence-electron chi connectivity index (χ4n) is 3.70. The Hall–Kier alpha value is -3.73. The van der Waals surface area contributed by atoms with Crippen molar-refractivity contribution < 1.29 is 18.7 Å². The Morgan fingerprint density at radius 3 is 2.75 bits per heavy atom. The topological polar surface area (TPSA) is 98.5 Å². The van der Waals surface area contributed by atoms with E-state index in [0.717, 1.165) is 15.8 Å². The van der Waals surface area contributed by atoms with E-state index in [9.17, 15) is 10.1 Å². The molecule has 0 fully saturated rings. The highest BCUT2D eigenvalue weighted by atomic mass is 35.5. The predicted molar refractivity (Wildman–Crippen MR) is 121 cm³/mol. The highest BCUT2D eigenvalue weighted by Crippen LogP contribution is 2.44. The van der Waals surface area contributed by atoms with Crippen LogP contribution in [0.5, 0.6) is 11.5 Å². The zero-order valence-electron chi connectivity index (χ0n) is 16.7. The van der Waals surface area contributed by atoms with Crippen molar-refractivity contribution in [3.05, 3.63) is 93.0 Å². The molecule has 0 spiro atoms. The number of esters is 1. The number of nitrogens with two attached hydrogens (primary N) is 1. The first-order valence-electron chi connectivity index (χ1n) is 9.63. The van der Waals surface area contributed by atoms with Gasteiger partial charge in [-0.1, -0.05) is 35.9 Å². The maximum atomic E-state index is 12.8. The summed E-state index contributed by atoms with van der Waals surface area (Å²) in [5, 5.41) is 10.8. The molecular formula is C24H15ClN2O4S. The van der Waals surface area contributed by atoms with E-state index in [-0.39, 0.29) is 17.2 Å². The quantitative estimate of drug-likeness (QED) is 0.301. The van der Waals surface area contributed by atoms with Crippen LogP contribution in [0, 0.1) is 18.3 Å². The first kappa shape index (κ1) is 20.2. The standard InChI is InChI=1S/C24H15ClN2O4S/c1-12-6-9-17(29-12)20-14-8-7-13(10-18(14)31-23(27)16(20)11-26)30-24(28)22-21(25)15-4-2-3-5-19(15)32-22/h2-10,20H,27H2,1H3. The molecular weight excluding hydrogens is 448 g/mol. The lowest BCUT2D eigenvalue weighted by atomic mass is 9.87. The van der Waals surface area contributed by atoms with Gasteiger partial charge in [0.25, 0.3) is 0 Å². The van der Waals surface area contributed by atoms with Crippen LogP contribution in [0.15, 0.2) is 70.5 Å². The molecule has 8 heteroatoms. The van der Waals surface area contributed by atoms with Crippen molar-refractivity contribution in [2.24, 2.45) is 5.73 Å². The van der Waals surface area contributed by atoms with Crippen LogP contribution in [0.3, 0.4) is 0 Å². The number of halogens is 1. The van der Waals surface area contributed by atoms with Gasteiger partial charge in [-0.2, -0.15) is 5.26 Å². The Morgan fingerprint density at radius 1 is 1.22 bits per heavy atom. The number of fused-ring (bicyclic) bond motifs is 2. The summed E-state index contributed by atoms with van der Waals surface area (Å²) in [6, 6.07) is 18.2. The van der Waals surface area contributed by atoms with Crippen LogP contribution in [0.1, 0.15) is 32.7 Å². The Kier molecular flexibility index (Phi) is 4.89. The van der Waals surface area contributed by atoms with Crippen LogP contribution in [0.2, 0.25) is 5.02 Å². The molecule has 0 saturated heterocycles. The molecule has 1 aliphatic rings. The molecule has 0 aliphatic carbocycles. The first-order chi connectivity index (χ1) is 15.5. The number of thiophene rings is 1. The largest absolute Gasteiger partial charge is 0.465 e. The summed E-state index contributed by atoms with van der Waals surface area (Å²) in [4.78, 5) is 13.1. The monoisotopic (exact) mass is 462 g/mol. The third-order valence-electron chi connectivity index (χ3n) is 5.17. The second-order valence-corrected chi connectivity index (χ2v) is 8.63. The lowest BCUT2D eigenvalue weighted by Crippen LogP contribution is -2.21. The molecule has 6 nitrogen and oxygen atoms in total. The van der Waals surface area contributed by atoms with E-state index in [2.05, 4.69) is 6.07 Å². The lowest BCUT2D eigenvalue weighted by molar-refractivity contribution is 0.0740. The van der Waals surface area contributed by atoms with E-state index in [1.807, 2.05) is 37.3 Å². The molecule has 2 aromatic carbocycles. The Bertz CT molecular complexity index is 1460. The number of rotatable bonds is 3. The molecule has 2 N–H and O–H groups in total. The number of carbonyl (C=O) groups excluding carboxylic acids is 1. The highest BCUT2D eigenvalue weighted by molar-refractivity contribution is 7.21. The minimum Gasteiger partial charge on any atom is -0.465 e. The van der Waals surface area contributed by atoms with Gasteiger partial charge in [-0.15, -0.1) is 11.3 Å². The van der Waals surface area contributed by atoms with Gasteiger partial charge >= 0.3 is 5.97 Å². The first-order valence-corrected chi connectivity index (χ1v) is 10.8. The molecule has 0 saturated carbocycles. The number of furan rings is 1. The molecule has 1 aliphatic heterocycles. The second-order valence-electron chi connectivity index (χ2n) is 7.20. The maximum Gasteiger partial charge on any atom is 0.355 e. The van der Waals surface area contributed by atoms with Crippen molar-refractivity contribution in [2.45, 2.75) is 12.8 Å². The second kappa shape index (κ2) is 7.75. The van der Waals surface area contributed by atoms with Crippen molar-refractivity contribution in [1.82, 2.24) is 0 Å². The number of aryl methyl sites for hydroxylation is 1. The van der Waals surface area contributed by atoms with Crippen LogP contribution in [-0.2, 0) is 0 Å². The van der Waals surface area contributed by atoms with Gasteiger partial charge in [0.2, 0.25) is 5.88 Å². The van der Waals surface area contributed by atoms with Crippen LogP contribution in [0.4, 0.5) is 0 Å². The Balaban J connectivity index is 1.49. The fraction of sp³-hybridized carbons (Fsp3) is 0.0833. The average molecular weight is 463 g/mol. The zero-order chi connectivity index (χ0) is 22.4. The van der Waals surface area contributed by atoms with E-state index < -0.39 is 11.9 Å². The number of nitrogens with zero attached hydrogens (tertiary/aromatic N) is 1. The SMILES string of the molecule is Cc1ccc(C2C(C#N)=C(N)Oc3cc(OC(=O)c4sc5ccccc5c4Cl)ccc32)o1. The smallest absolute Gasteiger partial charge is 0.355 e. The number of benzene rings is 2. The van der Waals surface area contributed by atoms with E-state index in [1.165, 1.54) is 11.3 Å². The number of nitriles is 1. The number of hydrogen-bond acceptors (Lipinski definition) is 7. The fourth-order valence-corrected chi connectivity index (χ4v) is 5.08. The van der Waals surface area contributed by atoms with Crippen LogP contribution in [0.25, 0.3) is 10.1 Å². The summed E-state index contributed by atoms with van der Waals surface area (Å²) in [5.41, 5.74) is 6.96. The minimum absolute atomic E-state index is 0.0184. The zero-order valence-corrected chi connectivity index (χ0v) is 18.3. The Labute approximate surface area is 192 Å². The van der Waals surface area contributed by atoms with Crippen LogP contribution < -0.4 is 15.2 Å². The summed E-state index contributed by atoms with van der Waals surface area (Å²) < 4.78 is 17.9. The minimum atomic E-state index is -0.564. The van der Waals surface area contributed by atoms with Gasteiger partial charge in [0.05, 0.1) is 10.9 Å². The normalized spacial score (nSPS) is 15.2. The third kappa shape index (κ3) is 3.30. The molecule has 0 radical (unpaired) electrons. The van der Waals surface area contributed by atoms with Gasteiger partial charge in [-0.25, -0.2) is 4.79 Å². The van der Waals surface area contributed by atoms with Crippen LogP contribution >= 0.6 is 22.9 Å². The van der Waals surface area contributed by atoms with Crippen molar-refractivity contribution in [3.8, 4) is 17.6 Å². The van der Waals surface area contributed by atoms with Gasteiger partial charge in [0, 0.05) is 21.7 Å². The molecule has 1 atom stereocenters. The van der Waals surface area contributed by atoms with Gasteiger partial charge in [-0.3, -0.25) is 0 Å². The molecule has 0 amide bonds.